The Morgan fingerprint density at radius 2 is 2.13 bits per heavy atom. The molecule has 0 fully saturated rings. The average molecular weight is 354 g/mol. The summed E-state index contributed by atoms with van der Waals surface area (Å²) in [6.45, 7) is 3.59. The Hall–Kier alpha value is -2.31. The first-order chi connectivity index (χ1) is 11.0. The maximum atomic E-state index is 12.5. The number of halogens is 2. The van der Waals surface area contributed by atoms with E-state index in [-0.39, 0.29) is 29.5 Å². The summed E-state index contributed by atoms with van der Waals surface area (Å²) in [5.74, 6) is -0.549. The normalized spacial score (nSPS) is 10.2. The molecule has 6 nitrogen and oxygen atoms in total. The fourth-order valence-electron chi connectivity index (χ4n) is 1.84. The van der Waals surface area contributed by atoms with E-state index in [1.165, 1.54) is 35.4 Å². The highest BCUT2D eigenvalue weighted by Gasteiger charge is 2.20. The van der Waals surface area contributed by atoms with Gasteiger partial charge >= 0.3 is 0 Å². The summed E-state index contributed by atoms with van der Waals surface area (Å²) in [7, 11) is 0. The number of hydrogen-bond acceptors (Lipinski definition) is 4. The van der Waals surface area contributed by atoms with Gasteiger partial charge in [0, 0.05) is 17.6 Å². The van der Waals surface area contributed by atoms with Gasteiger partial charge in [0.2, 0.25) is 5.91 Å². The van der Waals surface area contributed by atoms with Crippen LogP contribution in [0.15, 0.2) is 47.7 Å². The highest BCUT2D eigenvalue weighted by molar-refractivity contribution is 6.36. The second-order valence-corrected chi connectivity index (χ2v) is 5.38. The fourth-order valence-corrected chi connectivity index (χ4v) is 2.33. The van der Waals surface area contributed by atoms with Crippen LogP contribution in [0.25, 0.3) is 0 Å². The van der Waals surface area contributed by atoms with Gasteiger partial charge in [-0.15, -0.1) is 6.58 Å². The van der Waals surface area contributed by atoms with E-state index < -0.39 is 11.8 Å². The smallest absolute Gasteiger partial charge is 0.256 e. The Kier molecular flexibility index (Phi) is 5.78. The molecule has 0 unspecified atom stereocenters. The molecule has 1 aromatic carbocycles. The van der Waals surface area contributed by atoms with Crippen molar-refractivity contribution in [3.05, 3.63) is 58.8 Å². The molecule has 0 atom stereocenters. The lowest BCUT2D eigenvalue weighted by Gasteiger charge is -2.21. The number of nitrogens with zero attached hydrogens (tertiary/aromatic N) is 2. The molecule has 2 aromatic rings. The zero-order valence-electron chi connectivity index (χ0n) is 12.0. The van der Waals surface area contributed by atoms with Crippen LogP contribution in [0.4, 0.5) is 5.82 Å². The number of benzene rings is 1. The summed E-state index contributed by atoms with van der Waals surface area (Å²) in [5, 5.41) is 6.72. The zero-order valence-corrected chi connectivity index (χ0v) is 13.5. The molecule has 0 spiro atoms. The minimum absolute atomic E-state index is 0.184. The van der Waals surface area contributed by atoms with E-state index in [1.807, 2.05) is 0 Å². The number of rotatable bonds is 6. The lowest BCUT2D eigenvalue weighted by molar-refractivity contribution is -0.116. The molecule has 23 heavy (non-hydrogen) atoms. The van der Waals surface area contributed by atoms with Crippen LogP contribution in [0.2, 0.25) is 10.0 Å². The summed E-state index contributed by atoms with van der Waals surface area (Å²) < 4.78 is 4.62. The highest BCUT2D eigenvalue weighted by Crippen LogP contribution is 2.22. The summed E-state index contributed by atoms with van der Waals surface area (Å²) in [6, 6.07) is 6.03. The number of aromatic nitrogens is 1. The van der Waals surface area contributed by atoms with Gasteiger partial charge in [0.05, 0.1) is 10.6 Å². The van der Waals surface area contributed by atoms with Crippen molar-refractivity contribution in [3.63, 3.8) is 0 Å². The molecule has 1 N–H and O–H groups in total. The van der Waals surface area contributed by atoms with Gasteiger partial charge in [0.25, 0.3) is 5.91 Å². The molecule has 0 bridgehead atoms. The fraction of sp³-hybridized carbons (Fsp3) is 0.133. The molecule has 0 radical (unpaired) electrons. The molecule has 0 aliphatic carbocycles. The van der Waals surface area contributed by atoms with Crippen LogP contribution in [0, 0.1) is 0 Å². The Morgan fingerprint density at radius 3 is 2.74 bits per heavy atom. The molecule has 1 heterocycles. The van der Waals surface area contributed by atoms with Crippen molar-refractivity contribution < 1.29 is 14.1 Å². The number of nitrogens with one attached hydrogen (secondary N) is 1. The maximum absolute atomic E-state index is 12.5. The molecule has 0 saturated heterocycles. The van der Waals surface area contributed by atoms with Gasteiger partial charge in [0.15, 0.2) is 5.82 Å². The lowest BCUT2D eigenvalue weighted by atomic mass is 10.2. The molecule has 1 aromatic heterocycles. The van der Waals surface area contributed by atoms with E-state index in [2.05, 4.69) is 21.6 Å². The number of anilines is 1. The Balaban J connectivity index is 2.11. The highest BCUT2D eigenvalue weighted by atomic mass is 35.5. The van der Waals surface area contributed by atoms with Gasteiger partial charge in [-0.05, 0) is 18.2 Å². The maximum Gasteiger partial charge on any atom is 0.256 e. The molecule has 0 aliphatic heterocycles. The number of carbonyl (C=O) groups excluding carboxylic acids is 2. The van der Waals surface area contributed by atoms with E-state index in [1.54, 1.807) is 6.07 Å². The SMILES string of the molecule is C=CCN(CC(=O)Nc1ccon1)C(=O)c1ccc(Cl)cc1Cl. The Morgan fingerprint density at radius 1 is 1.35 bits per heavy atom. The Labute approximate surface area is 142 Å². The molecule has 8 heteroatoms. The van der Waals surface area contributed by atoms with Gasteiger partial charge in [-0.25, -0.2) is 0 Å². The summed E-state index contributed by atoms with van der Waals surface area (Å²) in [6.07, 6.45) is 2.85. The Bertz CT molecular complexity index is 717. The third-order valence-corrected chi connectivity index (χ3v) is 3.39. The summed E-state index contributed by atoms with van der Waals surface area (Å²) in [4.78, 5) is 25.8. The van der Waals surface area contributed by atoms with Gasteiger partial charge in [-0.1, -0.05) is 34.4 Å². The number of carbonyl (C=O) groups is 2. The first kappa shape index (κ1) is 17.1. The van der Waals surface area contributed by atoms with Crippen molar-refractivity contribution in [3.8, 4) is 0 Å². The first-order valence-electron chi connectivity index (χ1n) is 6.56. The van der Waals surface area contributed by atoms with Crippen molar-refractivity contribution in [2.45, 2.75) is 0 Å². The second kappa shape index (κ2) is 7.80. The van der Waals surface area contributed by atoms with E-state index >= 15 is 0 Å². The quantitative estimate of drug-likeness (QED) is 0.808. The molecule has 2 amide bonds. The average Bonchev–Trinajstić information content (AvgIpc) is 2.99. The lowest BCUT2D eigenvalue weighted by Crippen LogP contribution is -2.38. The third kappa shape index (κ3) is 4.58. The van der Waals surface area contributed by atoms with E-state index in [9.17, 15) is 9.59 Å². The molecule has 2 rings (SSSR count). The third-order valence-electron chi connectivity index (χ3n) is 2.84. The largest absolute Gasteiger partial charge is 0.363 e. The van der Waals surface area contributed by atoms with Gasteiger partial charge in [0.1, 0.15) is 12.8 Å². The minimum atomic E-state index is -0.417. The van der Waals surface area contributed by atoms with Crippen molar-refractivity contribution in [2.24, 2.45) is 0 Å². The van der Waals surface area contributed by atoms with Crippen LogP contribution in [-0.2, 0) is 4.79 Å². The summed E-state index contributed by atoms with van der Waals surface area (Å²) >= 11 is 11.9. The van der Waals surface area contributed by atoms with Crippen LogP contribution in [0.3, 0.4) is 0 Å². The molecule has 120 valence electrons. The number of amides is 2. The van der Waals surface area contributed by atoms with E-state index in [4.69, 9.17) is 23.2 Å². The van der Waals surface area contributed by atoms with Crippen LogP contribution in [0.5, 0.6) is 0 Å². The van der Waals surface area contributed by atoms with Crippen LogP contribution in [0.1, 0.15) is 10.4 Å². The van der Waals surface area contributed by atoms with Gasteiger partial charge < -0.3 is 14.7 Å². The predicted octanol–water partition coefficient (Wildman–Crippen LogP) is 3.25. The number of hydrogen-bond donors (Lipinski definition) is 1. The molecule has 0 aliphatic rings. The van der Waals surface area contributed by atoms with Crippen LogP contribution >= 0.6 is 23.2 Å². The van der Waals surface area contributed by atoms with Gasteiger partial charge in [-0.2, -0.15) is 0 Å². The minimum Gasteiger partial charge on any atom is -0.363 e. The molecular weight excluding hydrogens is 341 g/mol. The van der Waals surface area contributed by atoms with Crippen molar-refractivity contribution in [1.82, 2.24) is 10.1 Å². The van der Waals surface area contributed by atoms with Crippen molar-refractivity contribution >= 4 is 40.8 Å². The molecular formula is C15H13Cl2N3O3. The first-order valence-corrected chi connectivity index (χ1v) is 7.32. The van der Waals surface area contributed by atoms with E-state index in [0.717, 1.165) is 0 Å². The zero-order chi connectivity index (χ0) is 16.8. The second-order valence-electron chi connectivity index (χ2n) is 4.53. The van der Waals surface area contributed by atoms with Crippen molar-refractivity contribution in [1.29, 1.82) is 0 Å². The molecule has 0 saturated carbocycles. The summed E-state index contributed by atoms with van der Waals surface area (Å²) in [5.41, 5.74) is 0.257. The van der Waals surface area contributed by atoms with Crippen LogP contribution < -0.4 is 5.32 Å². The van der Waals surface area contributed by atoms with Crippen LogP contribution in [-0.4, -0.2) is 35.0 Å². The monoisotopic (exact) mass is 353 g/mol. The van der Waals surface area contributed by atoms with Gasteiger partial charge in [-0.3, -0.25) is 9.59 Å². The predicted molar refractivity (Wildman–Crippen MR) is 87.7 cm³/mol. The standard InChI is InChI=1S/C15H13Cl2N3O3/c1-2-6-20(9-14(21)18-13-5-7-23-19-13)15(22)11-4-3-10(16)8-12(11)17/h2-5,7-8H,1,6,9H2,(H,18,19,21). The van der Waals surface area contributed by atoms with Crippen molar-refractivity contribution in [2.75, 3.05) is 18.4 Å². The topological polar surface area (TPSA) is 75.4 Å². The van der Waals surface area contributed by atoms with E-state index in [0.29, 0.717) is 5.02 Å².